The van der Waals surface area contributed by atoms with Crippen molar-refractivity contribution in [1.82, 2.24) is 10.3 Å². The molecule has 148 valence electrons. The second-order valence-electron chi connectivity index (χ2n) is 8.48. The quantitative estimate of drug-likeness (QED) is 0.675. The summed E-state index contributed by atoms with van der Waals surface area (Å²) >= 11 is 0. The highest BCUT2D eigenvalue weighted by atomic mass is 16.5. The van der Waals surface area contributed by atoms with Crippen LogP contribution in [-0.2, 0) is 0 Å². The Hall–Kier alpha value is -1.65. The normalized spacial score (nSPS) is 21.1. The van der Waals surface area contributed by atoms with Crippen LogP contribution >= 0.6 is 0 Å². The van der Waals surface area contributed by atoms with E-state index < -0.39 is 11.7 Å². The molecule has 0 radical (unpaired) electrons. The molecule has 0 amide bonds. The van der Waals surface area contributed by atoms with Crippen LogP contribution in [0.15, 0.2) is 18.2 Å². The van der Waals surface area contributed by atoms with Crippen molar-refractivity contribution in [3.63, 3.8) is 0 Å². The fourth-order valence-electron chi connectivity index (χ4n) is 4.06. The Balaban J connectivity index is 1.88. The minimum atomic E-state index is -0.632. The molecule has 2 atom stereocenters. The van der Waals surface area contributed by atoms with Gasteiger partial charge in [-0.1, -0.05) is 32.6 Å². The zero-order chi connectivity index (χ0) is 19.6. The van der Waals surface area contributed by atoms with Crippen molar-refractivity contribution < 1.29 is 9.84 Å². The average Bonchev–Trinajstić information content (AvgIpc) is 2.60. The van der Waals surface area contributed by atoms with E-state index in [-0.39, 0.29) is 6.04 Å². The van der Waals surface area contributed by atoms with E-state index in [0.717, 1.165) is 40.9 Å². The summed E-state index contributed by atoms with van der Waals surface area (Å²) in [5.74, 6) is 0.857. The Kier molecular flexibility index (Phi) is 6.07. The summed E-state index contributed by atoms with van der Waals surface area (Å²) in [6, 6.07) is 6.15. The molecule has 0 saturated heterocycles. The lowest BCUT2D eigenvalue weighted by atomic mass is 9.85. The van der Waals surface area contributed by atoms with Crippen LogP contribution in [-0.4, -0.2) is 28.3 Å². The Morgan fingerprint density at radius 1 is 1.11 bits per heavy atom. The first-order chi connectivity index (χ1) is 12.8. The molecule has 0 aliphatic carbocycles. The first-order valence-electron chi connectivity index (χ1n) is 10.4. The third-order valence-electron chi connectivity index (χ3n) is 5.66. The van der Waals surface area contributed by atoms with E-state index in [2.05, 4.69) is 37.4 Å². The van der Waals surface area contributed by atoms with Gasteiger partial charge in [0.2, 0.25) is 0 Å². The van der Waals surface area contributed by atoms with Gasteiger partial charge in [0.25, 0.3) is 0 Å². The Bertz CT molecular complexity index is 801. The maximum atomic E-state index is 11.0. The summed E-state index contributed by atoms with van der Waals surface area (Å²) in [5, 5.41) is 15.7. The first-order valence-corrected chi connectivity index (χ1v) is 10.4. The van der Waals surface area contributed by atoms with Crippen LogP contribution in [0.1, 0.15) is 75.7 Å². The molecule has 0 unspecified atom stereocenters. The van der Waals surface area contributed by atoms with Gasteiger partial charge in [-0.05, 0) is 64.4 Å². The fourth-order valence-corrected chi connectivity index (χ4v) is 4.06. The van der Waals surface area contributed by atoms with Gasteiger partial charge in [-0.2, -0.15) is 0 Å². The predicted molar refractivity (Wildman–Crippen MR) is 111 cm³/mol. The summed E-state index contributed by atoms with van der Waals surface area (Å²) in [5.41, 5.74) is 3.56. The van der Waals surface area contributed by atoms with E-state index in [1.54, 1.807) is 0 Å². The molecule has 1 aromatic carbocycles. The van der Waals surface area contributed by atoms with Gasteiger partial charge < -0.3 is 15.2 Å². The van der Waals surface area contributed by atoms with Crippen molar-refractivity contribution in [2.45, 2.75) is 84.5 Å². The third kappa shape index (κ3) is 4.27. The molecule has 3 rings (SSSR count). The standard InChI is InChI=1S/C23H34N2O2/c1-6-7-8-9-10-11-24-21-18-13-19-17(15(2)12-16(3)25-19)14-20(18)27-23(4,5)22(21)26/h12-14,21-22,24,26H,6-11H2,1-5H3/t21-,22-/m0/s1. The van der Waals surface area contributed by atoms with Crippen molar-refractivity contribution >= 4 is 10.9 Å². The minimum absolute atomic E-state index is 0.137. The van der Waals surface area contributed by atoms with Crippen molar-refractivity contribution in [3.8, 4) is 5.75 Å². The fraction of sp³-hybridized carbons (Fsp3) is 0.609. The van der Waals surface area contributed by atoms with Gasteiger partial charge in [0.15, 0.2) is 0 Å². The molecular formula is C23H34N2O2. The molecule has 1 aliphatic heterocycles. The summed E-state index contributed by atoms with van der Waals surface area (Å²) < 4.78 is 6.20. The number of hydrogen-bond acceptors (Lipinski definition) is 4. The van der Waals surface area contributed by atoms with Crippen LogP contribution in [0, 0.1) is 13.8 Å². The molecular weight excluding hydrogens is 336 g/mol. The number of aliphatic hydroxyl groups is 1. The molecule has 1 aromatic heterocycles. The zero-order valence-corrected chi connectivity index (χ0v) is 17.4. The third-order valence-corrected chi connectivity index (χ3v) is 5.66. The second-order valence-corrected chi connectivity index (χ2v) is 8.48. The smallest absolute Gasteiger partial charge is 0.131 e. The number of aryl methyl sites for hydroxylation is 2. The van der Waals surface area contributed by atoms with E-state index in [1.807, 2.05) is 20.8 Å². The van der Waals surface area contributed by atoms with Gasteiger partial charge in [0.1, 0.15) is 17.5 Å². The monoisotopic (exact) mass is 370 g/mol. The molecule has 4 nitrogen and oxygen atoms in total. The molecule has 2 N–H and O–H groups in total. The molecule has 27 heavy (non-hydrogen) atoms. The lowest BCUT2D eigenvalue weighted by Crippen LogP contribution is -2.52. The predicted octanol–water partition coefficient (Wildman–Crippen LogP) is 4.98. The molecule has 2 aromatic rings. The van der Waals surface area contributed by atoms with Crippen LogP contribution in [0.4, 0.5) is 0 Å². The lowest BCUT2D eigenvalue weighted by Gasteiger charge is -2.42. The van der Waals surface area contributed by atoms with Crippen LogP contribution in [0.5, 0.6) is 5.75 Å². The second kappa shape index (κ2) is 8.15. The summed E-state index contributed by atoms with van der Waals surface area (Å²) in [6.07, 6.45) is 5.59. The highest BCUT2D eigenvalue weighted by Gasteiger charge is 2.42. The molecule has 2 heterocycles. The van der Waals surface area contributed by atoms with E-state index in [0.29, 0.717) is 0 Å². The van der Waals surface area contributed by atoms with Gasteiger partial charge in [-0.15, -0.1) is 0 Å². The number of hydrogen-bond donors (Lipinski definition) is 2. The number of nitrogens with zero attached hydrogens (tertiary/aromatic N) is 1. The maximum Gasteiger partial charge on any atom is 0.131 e. The summed E-state index contributed by atoms with van der Waals surface area (Å²) in [4.78, 5) is 4.71. The van der Waals surface area contributed by atoms with Crippen molar-refractivity contribution in [3.05, 3.63) is 35.0 Å². The molecule has 0 fully saturated rings. The Morgan fingerprint density at radius 3 is 2.59 bits per heavy atom. The number of pyridine rings is 1. The summed E-state index contributed by atoms with van der Waals surface area (Å²) in [6.45, 7) is 11.2. The lowest BCUT2D eigenvalue weighted by molar-refractivity contribution is -0.0643. The maximum absolute atomic E-state index is 11.0. The Morgan fingerprint density at radius 2 is 1.85 bits per heavy atom. The van der Waals surface area contributed by atoms with Gasteiger partial charge in [-0.3, -0.25) is 4.98 Å². The van der Waals surface area contributed by atoms with Gasteiger partial charge in [0, 0.05) is 16.6 Å². The van der Waals surface area contributed by atoms with Gasteiger partial charge in [0.05, 0.1) is 11.6 Å². The van der Waals surface area contributed by atoms with Gasteiger partial charge in [-0.25, -0.2) is 0 Å². The number of fused-ring (bicyclic) bond motifs is 2. The van der Waals surface area contributed by atoms with E-state index in [1.165, 1.54) is 31.2 Å². The number of unbranched alkanes of at least 4 members (excludes halogenated alkanes) is 4. The van der Waals surface area contributed by atoms with Crippen molar-refractivity contribution in [1.29, 1.82) is 0 Å². The average molecular weight is 371 g/mol. The number of benzene rings is 1. The first kappa shape index (κ1) is 20.1. The molecule has 0 spiro atoms. The number of ether oxygens (including phenoxy) is 1. The van der Waals surface area contributed by atoms with E-state index in [9.17, 15) is 5.11 Å². The topological polar surface area (TPSA) is 54.4 Å². The van der Waals surface area contributed by atoms with E-state index >= 15 is 0 Å². The zero-order valence-electron chi connectivity index (χ0n) is 17.4. The molecule has 0 bridgehead atoms. The molecule has 1 aliphatic rings. The van der Waals surface area contributed by atoms with Crippen molar-refractivity contribution in [2.75, 3.05) is 6.54 Å². The number of nitrogens with one attached hydrogen (secondary N) is 1. The van der Waals surface area contributed by atoms with Gasteiger partial charge >= 0.3 is 0 Å². The highest BCUT2D eigenvalue weighted by molar-refractivity contribution is 5.85. The van der Waals surface area contributed by atoms with E-state index in [4.69, 9.17) is 9.72 Å². The molecule has 0 saturated carbocycles. The SMILES string of the molecule is CCCCCCCN[C@H]1c2cc3nc(C)cc(C)c3cc2OC(C)(C)[C@H]1O. The number of rotatable bonds is 7. The summed E-state index contributed by atoms with van der Waals surface area (Å²) in [7, 11) is 0. The number of aliphatic hydroxyl groups excluding tert-OH is 1. The van der Waals surface area contributed by atoms with Crippen LogP contribution in [0.25, 0.3) is 10.9 Å². The minimum Gasteiger partial charge on any atom is -0.485 e. The highest BCUT2D eigenvalue weighted by Crippen LogP contribution is 2.42. The molecule has 4 heteroatoms. The van der Waals surface area contributed by atoms with Crippen LogP contribution < -0.4 is 10.1 Å². The van der Waals surface area contributed by atoms with Crippen LogP contribution in [0.3, 0.4) is 0 Å². The Labute approximate surface area is 163 Å². The number of aromatic nitrogens is 1. The van der Waals surface area contributed by atoms with Crippen LogP contribution in [0.2, 0.25) is 0 Å². The largest absolute Gasteiger partial charge is 0.485 e. The van der Waals surface area contributed by atoms with Crippen molar-refractivity contribution in [2.24, 2.45) is 0 Å².